The normalized spacial score (nSPS) is 11.3. The summed E-state index contributed by atoms with van der Waals surface area (Å²) in [5, 5.41) is 0. The molecule has 2 aromatic rings. The van der Waals surface area contributed by atoms with Crippen LogP contribution in [0.15, 0.2) is 24.3 Å². The van der Waals surface area contributed by atoms with Gasteiger partial charge in [-0.1, -0.05) is 29.8 Å². The third kappa shape index (κ3) is 4.41. The molecule has 0 unspecified atom stereocenters. The summed E-state index contributed by atoms with van der Waals surface area (Å²) in [6.45, 7) is 5.48. The number of nitrogens with zero attached hydrogens (tertiary/aromatic N) is 3. The molecule has 0 bridgehead atoms. The maximum absolute atomic E-state index is 12.4. The minimum atomic E-state index is -3.53. The number of sulfonamides is 1. The van der Waals surface area contributed by atoms with Gasteiger partial charge in [0.1, 0.15) is 0 Å². The Morgan fingerprint density at radius 3 is 2.22 bits per heavy atom. The van der Waals surface area contributed by atoms with Crippen molar-refractivity contribution in [3.8, 4) is 0 Å². The van der Waals surface area contributed by atoms with Gasteiger partial charge in [-0.3, -0.25) is 4.72 Å². The molecule has 0 saturated carbocycles. The average Bonchev–Trinajstić information content (AvgIpc) is 2.42. The van der Waals surface area contributed by atoms with Crippen molar-refractivity contribution in [2.24, 2.45) is 0 Å². The van der Waals surface area contributed by atoms with Crippen LogP contribution in [0.1, 0.15) is 22.5 Å². The van der Waals surface area contributed by atoms with Gasteiger partial charge in [0.2, 0.25) is 16.0 Å². The Balaban J connectivity index is 2.27. The number of nitrogens with one attached hydrogen (secondary N) is 1. The number of benzene rings is 1. The predicted molar refractivity (Wildman–Crippen MR) is 93.3 cm³/mol. The van der Waals surface area contributed by atoms with E-state index in [0.717, 1.165) is 11.1 Å². The lowest BCUT2D eigenvalue weighted by Crippen LogP contribution is -2.19. The standard InChI is InChI=1S/C16H22N4O2S/c1-11-7-6-8-14(9-11)10-23(21,22)19-15-12(2)17-16(20(4)5)18-13(15)3/h6-9,19H,10H2,1-5H3. The van der Waals surface area contributed by atoms with Gasteiger partial charge in [-0.25, -0.2) is 18.4 Å². The summed E-state index contributed by atoms with van der Waals surface area (Å²) < 4.78 is 27.5. The van der Waals surface area contributed by atoms with Crippen molar-refractivity contribution < 1.29 is 8.42 Å². The van der Waals surface area contributed by atoms with Gasteiger partial charge in [-0.15, -0.1) is 0 Å². The highest BCUT2D eigenvalue weighted by Crippen LogP contribution is 2.22. The van der Waals surface area contributed by atoms with Gasteiger partial charge in [0.25, 0.3) is 0 Å². The van der Waals surface area contributed by atoms with Gasteiger partial charge >= 0.3 is 0 Å². The van der Waals surface area contributed by atoms with E-state index in [1.54, 1.807) is 24.8 Å². The highest BCUT2D eigenvalue weighted by Gasteiger charge is 2.17. The zero-order valence-electron chi connectivity index (χ0n) is 14.1. The first-order chi connectivity index (χ1) is 10.7. The van der Waals surface area contributed by atoms with E-state index in [1.165, 1.54) is 0 Å². The quantitative estimate of drug-likeness (QED) is 0.909. The first-order valence-corrected chi connectivity index (χ1v) is 8.92. The highest BCUT2D eigenvalue weighted by atomic mass is 32.2. The molecule has 1 aromatic heterocycles. The van der Waals surface area contributed by atoms with Crippen LogP contribution >= 0.6 is 0 Å². The minimum Gasteiger partial charge on any atom is -0.347 e. The van der Waals surface area contributed by atoms with Crippen LogP contribution in [0.4, 0.5) is 11.6 Å². The molecule has 0 aliphatic rings. The molecule has 6 nitrogen and oxygen atoms in total. The number of rotatable bonds is 5. The lowest BCUT2D eigenvalue weighted by atomic mass is 10.2. The summed E-state index contributed by atoms with van der Waals surface area (Å²) in [4.78, 5) is 10.4. The molecule has 0 saturated heterocycles. The summed E-state index contributed by atoms with van der Waals surface area (Å²) in [7, 11) is 0.160. The molecule has 1 aromatic carbocycles. The van der Waals surface area contributed by atoms with Crippen molar-refractivity contribution in [1.82, 2.24) is 9.97 Å². The fourth-order valence-electron chi connectivity index (χ4n) is 2.26. The van der Waals surface area contributed by atoms with Crippen molar-refractivity contribution >= 4 is 21.7 Å². The first kappa shape index (κ1) is 17.2. The van der Waals surface area contributed by atoms with Crippen LogP contribution in [0.5, 0.6) is 0 Å². The Labute approximate surface area is 137 Å². The second-order valence-corrected chi connectivity index (χ2v) is 7.54. The van der Waals surface area contributed by atoms with Gasteiger partial charge in [-0.2, -0.15) is 0 Å². The maximum Gasteiger partial charge on any atom is 0.237 e. The second-order valence-electron chi connectivity index (χ2n) is 5.81. The molecule has 0 amide bonds. The maximum atomic E-state index is 12.4. The van der Waals surface area contributed by atoms with E-state index in [4.69, 9.17) is 0 Å². The van der Waals surface area contributed by atoms with Crippen molar-refractivity contribution in [2.45, 2.75) is 26.5 Å². The van der Waals surface area contributed by atoms with Crippen molar-refractivity contribution in [3.63, 3.8) is 0 Å². The van der Waals surface area contributed by atoms with Gasteiger partial charge in [-0.05, 0) is 26.3 Å². The molecule has 0 aliphatic heterocycles. The van der Waals surface area contributed by atoms with Gasteiger partial charge in [0.15, 0.2) is 0 Å². The molecule has 0 aliphatic carbocycles. The molecule has 2 rings (SSSR count). The molecular formula is C16H22N4O2S. The zero-order chi connectivity index (χ0) is 17.2. The van der Waals surface area contributed by atoms with E-state index in [9.17, 15) is 8.42 Å². The topological polar surface area (TPSA) is 75.2 Å². The fourth-order valence-corrected chi connectivity index (χ4v) is 3.56. The van der Waals surface area contributed by atoms with E-state index < -0.39 is 10.0 Å². The average molecular weight is 334 g/mol. The lowest BCUT2D eigenvalue weighted by molar-refractivity contribution is 0.600. The monoisotopic (exact) mass is 334 g/mol. The summed E-state index contributed by atoms with van der Waals surface area (Å²) in [6, 6.07) is 7.46. The van der Waals surface area contributed by atoms with Crippen LogP contribution in [0.3, 0.4) is 0 Å². The molecule has 7 heteroatoms. The highest BCUT2D eigenvalue weighted by molar-refractivity contribution is 7.91. The zero-order valence-corrected chi connectivity index (χ0v) is 14.9. The van der Waals surface area contributed by atoms with Crippen molar-refractivity contribution in [1.29, 1.82) is 0 Å². The van der Waals surface area contributed by atoms with E-state index in [0.29, 0.717) is 23.0 Å². The molecule has 0 fully saturated rings. The third-order valence-electron chi connectivity index (χ3n) is 3.36. The molecule has 1 heterocycles. The first-order valence-electron chi connectivity index (χ1n) is 7.26. The van der Waals surface area contributed by atoms with Crippen LogP contribution in [-0.2, 0) is 15.8 Å². The van der Waals surface area contributed by atoms with E-state index in [-0.39, 0.29) is 5.75 Å². The molecule has 0 atom stereocenters. The van der Waals surface area contributed by atoms with Crippen LogP contribution < -0.4 is 9.62 Å². The van der Waals surface area contributed by atoms with Crippen molar-refractivity contribution in [2.75, 3.05) is 23.7 Å². The third-order valence-corrected chi connectivity index (χ3v) is 4.58. The SMILES string of the molecule is Cc1cccc(CS(=O)(=O)Nc2c(C)nc(N(C)C)nc2C)c1. The Hall–Kier alpha value is -2.15. The van der Waals surface area contributed by atoms with Crippen LogP contribution in [-0.4, -0.2) is 32.5 Å². The van der Waals surface area contributed by atoms with Crippen molar-refractivity contribution in [3.05, 3.63) is 46.8 Å². The van der Waals surface area contributed by atoms with E-state index >= 15 is 0 Å². The molecule has 0 radical (unpaired) electrons. The Morgan fingerprint density at radius 1 is 1.09 bits per heavy atom. The summed E-state index contributed by atoms with van der Waals surface area (Å²) >= 11 is 0. The summed E-state index contributed by atoms with van der Waals surface area (Å²) in [6.07, 6.45) is 0. The number of hydrogen-bond acceptors (Lipinski definition) is 5. The summed E-state index contributed by atoms with van der Waals surface area (Å²) in [5.74, 6) is 0.477. The number of anilines is 2. The van der Waals surface area contributed by atoms with Gasteiger partial charge < -0.3 is 4.90 Å². The van der Waals surface area contributed by atoms with E-state index in [2.05, 4.69) is 14.7 Å². The Kier molecular flexibility index (Phi) is 4.89. The van der Waals surface area contributed by atoms with E-state index in [1.807, 2.05) is 39.2 Å². The second kappa shape index (κ2) is 6.54. The smallest absolute Gasteiger partial charge is 0.237 e. The van der Waals surface area contributed by atoms with Gasteiger partial charge in [0, 0.05) is 14.1 Å². The number of aryl methyl sites for hydroxylation is 3. The molecule has 23 heavy (non-hydrogen) atoms. The predicted octanol–water partition coefficient (Wildman–Crippen LogP) is 2.41. The fraction of sp³-hybridized carbons (Fsp3) is 0.375. The van der Waals surface area contributed by atoms with Crippen LogP contribution in [0.2, 0.25) is 0 Å². The molecular weight excluding hydrogens is 312 g/mol. The molecule has 0 spiro atoms. The van der Waals surface area contributed by atoms with Crippen LogP contribution in [0.25, 0.3) is 0 Å². The molecule has 124 valence electrons. The number of aromatic nitrogens is 2. The summed E-state index contributed by atoms with van der Waals surface area (Å²) in [5.41, 5.74) is 3.44. The molecule has 1 N–H and O–H groups in total. The lowest BCUT2D eigenvalue weighted by Gasteiger charge is -2.16. The van der Waals surface area contributed by atoms with Crippen LogP contribution in [0, 0.1) is 20.8 Å². The minimum absolute atomic E-state index is 0.0804. The largest absolute Gasteiger partial charge is 0.347 e. The Bertz CT molecular complexity index is 794. The Morgan fingerprint density at radius 2 is 1.70 bits per heavy atom. The van der Waals surface area contributed by atoms with Gasteiger partial charge in [0.05, 0.1) is 22.8 Å². The number of hydrogen-bond donors (Lipinski definition) is 1.